The van der Waals surface area contributed by atoms with Crippen LogP contribution in [0.4, 0.5) is 0 Å². The van der Waals surface area contributed by atoms with Gasteiger partial charge in [-0.25, -0.2) is 13.1 Å². The minimum Gasteiger partial charge on any atom is -0.393 e. The minimum absolute atomic E-state index is 0.253. The third-order valence-corrected chi connectivity index (χ3v) is 4.60. The number of aromatic nitrogens is 1. The van der Waals surface area contributed by atoms with Crippen LogP contribution in [0.3, 0.4) is 0 Å². The first-order valence-corrected chi connectivity index (χ1v) is 7.25. The van der Waals surface area contributed by atoms with Gasteiger partial charge in [-0.05, 0) is 31.2 Å². The Bertz CT molecular complexity index is 481. The molecule has 2 N–H and O–H groups in total. The third kappa shape index (κ3) is 3.08. The van der Waals surface area contributed by atoms with Crippen LogP contribution in [0.25, 0.3) is 0 Å². The van der Waals surface area contributed by atoms with Gasteiger partial charge >= 0.3 is 0 Å². The van der Waals surface area contributed by atoms with Crippen molar-refractivity contribution in [3.8, 4) is 0 Å². The van der Waals surface area contributed by atoms with E-state index in [4.69, 9.17) is 0 Å². The molecular weight excluding hydrogens is 240 g/mol. The summed E-state index contributed by atoms with van der Waals surface area (Å²) in [5.74, 6) is 0.253. The maximum Gasteiger partial charge on any atom is 0.242 e. The Hall–Kier alpha value is -0.850. The van der Waals surface area contributed by atoms with E-state index in [2.05, 4.69) is 4.72 Å². The molecule has 17 heavy (non-hydrogen) atoms. The first-order chi connectivity index (χ1) is 7.97. The van der Waals surface area contributed by atoms with Gasteiger partial charge in [0.25, 0.3) is 0 Å². The Morgan fingerprint density at radius 3 is 2.82 bits per heavy atom. The van der Waals surface area contributed by atoms with Crippen molar-refractivity contribution < 1.29 is 13.5 Å². The molecule has 1 aromatic rings. The SMILES string of the molecule is Cn1ccc(S(=O)(=O)NCC2CCC(O)C2)c1. The van der Waals surface area contributed by atoms with Crippen LogP contribution in [0.5, 0.6) is 0 Å². The molecule has 1 aliphatic carbocycles. The molecule has 96 valence electrons. The lowest BCUT2D eigenvalue weighted by molar-refractivity contribution is 0.178. The molecule has 2 rings (SSSR count). The van der Waals surface area contributed by atoms with Crippen molar-refractivity contribution in [1.82, 2.24) is 9.29 Å². The number of nitrogens with one attached hydrogen (secondary N) is 1. The predicted octanol–water partition coefficient (Wildman–Crippen LogP) is 0.464. The van der Waals surface area contributed by atoms with E-state index in [1.54, 1.807) is 30.1 Å². The van der Waals surface area contributed by atoms with Crippen molar-refractivity contribution in [3.05, 3.63) is 18.5 Å². The average molecular weight is 258 g/mol. The van der Waals surface area contributed by atoms with Gasteiger partial charge in [0, 0.05) is 26.0 Å². The molecule has 0 aliphatic heterocycles. The van der Waals surface area contributed by atoms with Crippen molar-refractivity contribution in [3.63, 3.8) is 0 Å². The van der Waals surface area contributed by atoms with E-state index >= 15 is 0 Å². The zero-order valence-corrected chi connectivity index (χ0v) is 10.7. The zero-order chi connectivity index (χ0) is 12.5. The second-order valence-corrected chi connectivity index (χ2v) is 6.46. The van der Waals surface area contributed by atoms with Gasteiger partial charge in [-0.1, -0.05) is 0 Å². The molecule has 0 saturated heterocycles. The molecule has 2 atom stereocenters. The van der Waals surface area contributed by atoms with Crippen LogP contribution in [-0.2, 0) is 17.1 Å². The monoisotopic (exact) mass is 258 g/mol. The fraction of sp³-hybridized carbons (Fsp3) is 0.636. The van der Waals surface area contributed by atoms with E-state index in [9.17, 15) is 13.5 Å². The summed E-state index contributed by atoms with van der Waals surface area (Å²) < 4.78 is 28.1. The number of nitrogens with zero attached hydrogens (tertiary/aromatic N) is 1. The van der Waals surface area contributed by atoms with E-state index in [0.717, 1.165) is 12.8 Å². The Morgan fingerprint density at radius 2 is 2.29 bits per heavy atom. The quantitative estimate of drug-likeness (QED) is 0.824. The summed E-state index contributed by atoms with van der Waals surface area (Å²) in [6, 6.07) is 1.58. The average Bonchev–Trinajstić information content (AvgIpc) is 2.85. The van der Waals surface area contributed by atoms with Crippen molar-refractivity contribution in [1.29, 1.82) is 0 Å². The molecule has 1 saturated carbocycles. The van der Waals surface area contributed by atoms with Gasteiger partial charge in [0.2, 0.25) is 10.0 Å². The van der Waals surface area contributed by atoms with Crippen LogP contribution in [0.2, 0.25) is 0 Å². The number of hydrogen-bond acceptors (Lipinski definition) is 3. The smallest absolute Gasteiger partial charge is 0.242 e. The zero-order valence-electron chi connectivity index (χ0n) is 9.83. The maximum atomic E-state index is 11.9. The van der Waals surface area contributed by atoms with E-state index in [0.29, 0.717) is 17.9 Å². The van der Waals surface area contributed by atoms with E-state index < -0.39 is 10.0 Å². The second-order valence-electron chi connectivity index (χ2n) is 4.70. The van der Waals surface area contributed by atoms with E-state index in [1.807, 2.05) is 0 Å². The number of aliphatic hydroxyl groups excluding tert-OH is 1. The number of rotatable bonds is 4. The highest BCUT2D eigenvalue weighted by Gasteiger charge is 2.24. The standard InChI is InChI=1S/C11H18N2O3S/c1-13-5-4-11(8-13)17(15,16)12-7-9-2-3-10(14)6-9/h4-5,8-10,12,14H,2-3,6-7H2,1H3. The van der Waals surface area contributed by atoms with Crippen molar-refractivity contribution in [2.24, 2.45) is 13.0 Å². The summed E-state index contributed by atoms with van der Waals surface area (Å²) in [5.41, 5.74) is 0. The molecule has 1 aromatic heterocycles. The molecule has 1 fully saturated rings. The highest BCUT2D eigenvalue weighted by molar-refractivity contribution is 7.89. The molecule has 1 aliphatic rings. The second kappa shape index (κ2) is 4.80. The number of aliphatic hydroxyl groups is 1. The van der Waals surface area contributed by atoms with Crippen LogP contribution in [0, 0.1) is 5.92 Å². The Morgan fingerprint density at radius 1 is 1.53 bits per heavy atom. The van der Waals surface area contributed by atoms with Gasteiger partial charge in [-0.3, -0.25) is 0 Å². The third-order valence-electron chi connectivity index (χ3n) is 3.19. The van der Waals surface area contributed by atoms with Crippen molar-refractivity contribution in [2.75, 3.05) is 6.54 Å². The molecule has 1 heterocycles. The molecule has 0 spiro atoms. The number of sulfonamides is 1. The van der Waals surface area contributed by atoms with Crippen LogP contribution in [-0.4, -0.2) is 30.7 Å². The lowest BCUT2D eigenvalue weighted by Crippen LogP contribution is -2.28. The molecular formula is C11H18N2O3S. The lowest BCUT2D eigenvalue weighted by atomic mass is 10.1. The van der Waals surface area contributed by atoms with E-state index in [-0.39, 0.29) is 12.0 Å². The lowest BCUT2D eigenvalue weighted by Gasteiger charge is -2.10. The van der Waals surface area contributed by atoms with Crippen molar-refractivity contribution in [2.45, 2.75) is 30.3 Å². The molecule has 0 bridgehead atoms. The molecule has 0 amide bonds. The number of aryl methyl sites for hydroxylation is 1. The molecule has 0 radical (unpaired) electrons. The molecule has 6 heteroatoms. The first kappa shape index (κ1) is 12.6. The van der Waals surface area contributed by atoms with Crippen LogP contribution < -0.4 is 4.72 Å². The van der Waals surface area contributed by atoms with Crippen LogP contribution in [0.1, 0.15) is 19.3 Å². The van der Waals surface area contributed by atoms with Crippen LogP contribution >= 0.6 is 0 Å². The van der Waals surface area contributed by atoms with Gasteiger partial charge in [0.1, 0.15) is 0 Å². The maximum absolute atomic E-state index is 11.9. The highest BCUT2D eigenvalue weighted by atomic mass is 32.2. The summed E-state index contributed by atoms with van der Waals surface area (Å²) >= 11 is 0. The Labute approximate surface area is 102 Å². The van der Waals surface area contributed by atoms with Crippen LogP contribution in [0.15, 0.2) is 23.4 Å². The summed E-state index contributed by atoms with van der Waals surface area (Å²) in [4.78, 5) is 0.290. The van der Waals surface area contributed by atoms with Crippen molar-refractivity contribution >= 4 is 10.0 Å². The fourth-order valence-corrected chi connectivity index (χ4v) is 3.35. The normalized spacial score (nSPS) is 25.3. The van der Waals surface area contributed by atoms with Gasteiger partial charge in [-0.2, -0.15) is 0 Å². The Balaban J connectivity index is 1.94. The number of hydrogen-bond donors (Lipinski definition) is 2. The molecule has 0 aromatic carbocycles. The topological polar surface area (TPSA) is 71.3 Å². The van der Waals surface area contributed by atoms with E-state index in [1.165, 1.54) is 0 Å². The first-order valence-electron chi connectivity index (χ1n) is 5.77. The largest absolute Gasteiger partial charge is 0.393 e. The predicted molar refractivity (Wildman–Crippen MR) is 63.9 cm³/mol. The summed E-state index contributed by atoms with van der Waals surface area (Å²) in [7, 11) is -1.61. The summed E-state index contributed by atoms with van der Waals surface area (Å²) in [5, 5.41) is 9.37. The molecule has 5 nitrogen and oxygen atoms in total. The highest BCUT2D eigenvalue weighted by Crippen LogP contribution is 2.25. The van der Waals surface area contributed by atoms with Gasteiger partial charge < -0.3 is 9.67 Å². The molecule has 2 unspecified atom stereocenters. The van der Waals surface area contributed by atoms with Gasteiger partial charge in [0.15, 0.2) is 0 Å². The van der Waals surface area contributed by atoms with Gasteiger partial charge in [0.05, 0.1) is 11.0 Å². The minimum atomic E-state index is -3.40. The van der Waals surface area contributed by atoms with Gasteiger partial charge in [-0.15, -0.1) is 0 Å². The summed E-state index contributed by atoms with van der Waals surface area (Å²) in [6.07, 6.45) is 5.37. The summed E-state index contributed by atoms with van der Waals surface area (Å²) in [6.45, 7) is 0.411. The Kier molecular flexibility index (Phi) is 3.56. The fourth-order valence-electron chi connectivity index (χ4n) is 2.18.